The van der Waals surface area contributed by atoms with Crippen molar-refractivity contribution in [3.63, 3.8) is 0 Å². The first kappa shape index (κ1) is 17.6. The molecular weight excluding hydrogens is 412 g/mol. The van der Waals surface area contributed by atoms with Crippen LogP contribution < -0.4 is 5.32 Å². The van der Waals surface area contributed by atoms with Crippen LogP contribution in [0.3, 0.4) is 0 Å². The Balaban J connectivity index is 2.95. The lowest BCUT2D eigenvalue weighted by Crippen LogP contribution is -2.40. The van der Waals surface area contributed by atoms with Crippen LogP contribution in [0, 0.1) is 0 Å². The highest BCUT2D eigenvalue weighted by atomic mass is 79.9. The van der Waals surface area contributed by atoms with Crippen molar-refractivity contribution in [2.75, 3.05) is 13.6 Å². The highest BCUT2D eigenvalue weighted by molar-refractivity contribution is 9.11. The topological polar surface area (TPSA) is 66.5 Å². The van der Waals surface area contributed by atoms with E-state index in [4.69, 9.17) is 0 Å². The Morgan fingerprint density at radius 3 is 2.45 bits per heavy atom. The summed E-state index contributed by atoms with van der Waals surface area (Å²) in [4.78, 5) is 11.8. The summed E-state index contributed by atoms with van der Waals surface area (Å²) in [7, 11) is -2.33. The van der Waals surface area contributed by atoms with Crippen LogP contribution in [-0.2, 0) is 14.8 Å². The second kappa shape index (κ2) is 7.02. The minimum absolute atomic E-state index is 0.0296. The lowest BCUT2D eigenvalue weighted by molar-refractivity contribution is -0.121. The maximum atomic E-state index is 12.4. The summed E-state index contributed by atoms with van der Waals surface area (Å²) in [6, 6.07) is 4.74. The second-order valence-corrected chi connectivity index (χ2v) is 8.34. The van der Waals surface area contributed by atoms with Gasteiger partial charge in [0.15, 0.2) is 0 Å². The zero-order chi connectivity index (χ0) is 15.5. The normalized spacial score (nSPS) is 11.9. The van der Waals surface area contributed by atoms with Gasteiger partial charge in [0.05, 0.1) is 11.4 Å². The lowest BCUT2D eigenvalue weighted by atomic mass is 10.4. The third kappa shape index (κ3) is 4.54. The first-order valence-corrected chi connectivity index (χ1v) is 8.88. The maximum Gasteiger partial charge on any atom is 0.244 e. The molecule has 0 spiro atoms. The number of carbonyl (C=O) groups is 1. The van der Waals surface area contributed by atoms with Crippen molar-refractivity contribution in [1.82, 2.24) is 9.62 Å². The van der Waals surface area contributed by atoms with Crippen LogP contribution in [0.1, 0.15) is 13.8 Å². The molecule has 1 amide bonds. The van der Waals surface area contributed by atoms with Gasteiger partial charge in [-0.2, -0.15) is 4.31 Å². The molecule has 0 aliphatic rings. The lowest BCUT2D eigenvalue weighted by Gasteiger charge is -2.18. The van der Waals surface area contributed by atoms with Crippen molar-refractivity contribution in [3.05, 3.63) is 27.1 Å². The Labute approximate surface area is 136 Å². The third-order valence-corrected chi connectivity index (χ3v) is 5.67. The molecular formula is C12H16Br2N2O3S. The summed E-state index contributed by atoms with van der Waals surface area (Å²) in [5.74, 6) is -0.334. The van der Waals surface area contributed by atoms with Gasteiger partial charge in [-0.05, 0) is 48.0 Å². The van der Waals surface area contributed by atoms with E-state index >= 15 is 0 Å². The van der Waals surface area contributed by atoms with E-state index in [0.29, 0.717) is 4.47 Å². The van der Waals surface area contributed by atoms with Crippen LogP contribution in [0.5, 0.6) is 0 Å². The Morgan fingerprint density at radius 2 is 1.95 bits per heavy atom. The molecule has 1 aromatic carbocycles. The summed E-state index contributed by atoms with van der Waals surface area (Å²) in [6.45, 7) is 3.42. The number of likely N-dealkylation sites (N-methyl/N-ethyl adjacent to an activating group) is 1. The molecule has 5 nitrogen and oxygen atoms in total. The highest BCUT2D eigenvalue weighted by Crippen LogP contribution is 2.27. The number of nitrogens with zero attached hydrogens (tertiary/aromatic N) is 1. The molecule has 0 aromatic heterocycles. The smallest absolute Gasteiger partial charge is 0.244 e. The van der Waals surface area contributed by atoms with Gasteiger partial charge in [-0.1, -0.05) is 15.9 Å². The van der Waals surface area contributed by atoms with Crippen molar-refractivity contribution >= 4 is 47.8 Å². The number of halogens is 2. The molecule has 0 aliphatic carbocycles. The zero-order valence-electron chi connectivity index (χ0n) is 11.4. The van der Waals surface area contributed by atoms with Crippen molar-refractivity contribution in [3.8, 4) is 0 Å². The molecule has 0 aliphatic heterocycles. The second-order valence-electron chi connectivity index (χ2n) is 4.56. The zero-order valence-corrected chi connectivity index (χ0v) is 15.3. The largest absolute Gasteiger partial charge is 0.353 e. The molecule has 0 atom stereocenters. The van der Waals surface area contributed by atoms with Crippen LogP contribution in [0.25, 0.3) is 0 Å². The molecule has 0 fully saturated rings. The summed E-state index contributed by atoms with van der Waals surface area (Å²) >= 11 is 6.49. The van der Waals surface area contributed by atoms with Crippen molar-refractivity contribution in [2.45, 2.75) is 24.8 Å². The first-order valence-electron chi connectivity index (χ1n) is 5.85. The van der Waals surface area contributed by atoms with Gasteiger partial charge >= 0.3 is 0 Å². The van der Waals surface area contributed by atoms with Crippen molar-refractivity contribution in [1.29, 1.82) is 0 Å². The number of sulfonamides is 1. The minimum Gasteiger partial charge on any atom is -0.353 e. The predicted octanol–water partition coefficient (Wildman–Crippen LogP) is 2.36. The number of carbonyl (C=O) groups excluding carboxylic acids is 1. The van der Waals surface area contributed by atoms with Crippen LogP contribution in [0.2, 0.25) is 0 Å². The molecule has 0 saturated heterocycles. The van der Waals surface area contributed by atoms with E-state index in [1.807, 2.05) is 13.8 Å². The summed E-state index contributed by atoms with van der Waals surface area (Å²) < 4.78 is 27.0. The predicted molar refractivity (Wildman–Crippen MR) is 84.9 cm³/mol. The molecule has 0 unspecified atom stereocenters. The van der Waals surface area contributed by atoms with E-state index in [1.54, 1.807) is 12.1 Å². The molecule has 0 bridgehead atoms. The third-order valence-electron chi connectivity index (χ3n) is 2.40. The quantitative estimate of drug-likeness (QED) is 0.784. The average Bonchev–Trinajstić information content (AvgIpc) is 2.26. The number of hydrogen-bond donors (Lipinski definition) is 1. The summed E-state index contributed by atoms with van der Waals surface area (Å²) in [5, 5.41) is 2.66. The fourth-order valence-corrected chi connectivity index (χ4v) is 4.34. The van der Waals surface area contributed by atoms with Crippen LogP contribution in [0.4, 0.5) is 0 Å². The SMILES string of the molecule is CC(C)NC(=O)CN(C)S(=O)(=O)c1ccc(Br)cc1Br. The van der Waals surface area contributed by atoms with Gasteiger partial charge in [0, 0.05) is 22.0 Å². The standard InChI is InChI=1S/C12H16Br2N2O3S/c1-8(2)15-12(17)7-16(3)20(18,19)11-5-4-9(13)6-10(11)14/h4-6,8H,7H2,1-3H3,(H,15,17). The average molecular weight is 428 g/mol. The van der Waals surface area contributed by atoms with Crippen LogP contribution >= 0.6 is 31.9 Å². The van der Waals surface area contributed by atoms with E-state index in [2.05, 4.69) is 37.2 Å². The number of benzene rings is 1. The van der Waals surface area contributed by atoms with Gasteiger partial charge in [0.25, 0.3) is 0 Å². The monoisotopic (exact) mass is 426 g/mol. The van der Waals surface area contributed by atoms with E-state index in [9.17, 15) is 13.2 Å². The molecule has 1 rings (SSSR count). The van der Waals surface area contributed by atoms with Gasteiger partial charge in [-0.3, -0.25) is 4.79 Å². The number of rotatable bonds is 5. The van der Waals surface area contributed by atoms with E-state index < -0.39 is 10.0 Å². The fourth-order valence-electron chi connectivity index (χ4n) is 1.51. The Morgan fingerprint density at radius 1 is 1.35 bits per heavy atom. The molecule has 8 heteroatoms. The van der Waals surface area contributed by atoms with Crippen LogP contribution in [-0.4, -0.2) is 38.3 Å². The summed E-state index contributed by atoms with van der Waals surface area (Å²) in [6.07, 6.45) is 0. The molecule has 20 heavy (non-hydrogen) atoms. The Hall–Kier alpha value is -0.440. The number of hydrogen-bond acceptors (Lipinski definition) is 3. The van der Waals surface area contributed by atoms with Crippen molar-refractivity contribution in [2.24, 2.45) is 0 Å². The van der Waals surface area contributed by atoms with E-state index in [0.717, 1.165) is 8.78 Å². The Kier molecular flexibility index (Phi) is 6.18. The first-order chi connectivity index (χ1) is 9.14. The Bertz CT molecular complexity index is 603. The fraction of sp³-hybridized carbons (Fsp3) is 0.417. The van der Waals surface area contributed by atoms with Gasteiger partial charge in [-0.25, -0.2) is 8.42 Å². The molecule has 1 N–H and O–H groups in total. The van der Waals surface area contributed by atoms with Gasteiger partial charge in [-0.15, -0.1) is 0 Å². The number of nitrogens with one attached hydrogen (secondary N) is 1. The van der Waals surface area contributed by atoms with E-state index in [1.165, 1.54) is 13.1 Å². The van der Waals surface area contributed by atoms with E-state index in [-0.39, 0.29) is 23.4 Å². The summed E-state index contributed by atoms with van der Waals surface area (Å²) in [5.41, 5.74) is 0. The van der Waals surface area contributed by atoms with Gasteiger partial charge in [0.2, 0.25) is 15.9 Å². The highest BCUT2D eigenvalue weighted by Gasteiger charge is 2.25. The molecule has 0 saturated carbocycles. The molecule has 112 valence electrons. The van der Waals surface area contributed by atoms with Gasteiger partial charge < -0.3 is 5.32 Å². The molecule has 1 aromatic rings. The molecule has 0 heterocycles. The van der Waals surface area contributed by atoms with Gasteiger partial charge in [0.1, 0.15) is 0 Å². The minimum atomic E-state index is -3.71. The maximum absolute atomic E-state index is 12.4. The number of amides is 1. The van der Waals surface area contributed by atoms with Crippen molar-refractivity contribution < 1.29 is 13.2 Å². The van der Waals surface area contributed by atoms with Crippen LogP contribution in [0.15, 0.2) is 32.0 Å². The molecule has 0 radical (unpaired) electrons.